The van der Waals surface area contributed by atoms with Crippen molar-refractivity contribution in [3.05, 3.63) is 90.5 Å². The molecule has 0 bridgehead atoms. The lowest BCUT2D eigenvalue weighted by atomic mass is 10.0. The van der Waals surface area contributed by atoms with E-state index in [1.807, 2.05) is 78.9 Å². The molecule has 4 aromatic rings. The van der Waals surface area contributed by atoms with Gasteiger partial charge >= 0.3 is 0 Å². The van der Waals surface area contributed by atoms with Crippen LogP contribution in [0.2, 0.25) is 0 Å². The minimum absolute atomic E-state index is 0.193. The zero-order valence-corrected chi connectivity index (χ0v) is 14.8. The molecule has 3 nitrogen and oxygen atoms in total. The fourth-order valence-corrected chi connectivity index (χ4v) is 3.35. The zero-order valence-electron chi connectivity index (χ0n) is 14.8. The predicted molar refractivity (Wildman–Crippen MR) is 110 cm³/mol. The SMILES string of the molecule is O=C(CCc1ccccc1)C(=O)Nc1c2ccccc2cc2ccccc12. The maximum absolute atomic E-state index is 12.6. The third kappa shape index (κ3) is 3.58. The first kappa shape index (κ1) is 17.0. The Hall–Kier alpha value is -3.46. The lowest BCUT2D eigenvalue weighted by Crippen LogP contribution is -2.23. The molecule has 0 aliphatic rings. The molecule has 0 aliphatic carbocycles. The molecule has 1 N–H and O–H groups in total. The number of hydrogen-bond donors (Lipinski definition) is 1. The Bertz CT molecular complexity index is 1080. The van der Waals surface area contributed by atoms with Crippen LogP contribution in [0.4, 0.5) is 5.69 Å². The fraction of sp³-hybridized carbons (Fsp3) is 0.0833. The van der Waals surface area contributed by atoms with Gasteiger partial charge in [0, 0.05) is 17.2 Å². The number of fused-ring (bicyclic) bond motifs is 2. The van der Waals surface area contributed by atoms with Gasteiger partial charge in [-0.2, -0.15) is 0 Å². The Balaban J connectivity index is 1.61. The summed E-state index contributed by atoms with van der Waals surface area (Å²) in [6, 6.07) is 27.6. The van der Waals surface area contributed by atoms with Gasteiger partial charge in [-0.25, -0.2) is 0 Å². The van der Waals surface area contributed by atoms with Gasteiger partial charge < -0.3 is 5.32 Å². The molecule has 132 valence electrons. The van der Waals surface area contributed by atoms with Crippen LogP contribution in [0.15, 0.2) is 84.9 Å². The van der Waals surface area contributed by atoms with Crippen LogP contribution in [0.5, 0.6) is 0 Å². The Labute approximate surface area is 157 Å². The van der Waals surface area contributed by atoms with Crippen molar-refractivity contribution < 1.29 is 9.59 Å². The first-order chi connectivity index (χ1) is 13.2. The highest BCUT2D eigenvalue weighted by Gasteiger charge is 2.16. The first-order valence-electron chi connectivity index (χ1n) is 9.01. The molecule has 0 atom stereocenters. The predicted octanol–water partition coefficient (Wildman–Crippen LogP) is 5.13. The van der Waals surface area contributed by atoms with Crippen LogP contribution in [-0.2, 0) is 16.0 Å². The number of ketones is 1. The monoisotopic (exact) mass is 353 g/mol. The summed E-state index contributed by atoms with van der Waals surface area (Å²) >= 11 is 0. The smallest absolute Gasteiger partial charge is 0.291 e. The van der Waals surface area contributed by atoms with Gasteiger partial charge in [0.25, 0.3) is 5.91 Å². The summed E-state index contributed by atoms with van der Waals surface area (Å²) in [7, 11) is 0. The van der Waals surface area contributed by atoms with Gasteiger partial charge in [-0.1, -0.05) is 78.9 Å². The standard InChI is InChI=1S/C24H19NO2/c26-22(15-14-17-8-2-1-3-9-17)24(27)25-23-20-12-6-4-10-18(20)16-19-11-5-7-13-21(19)23/h1-13,16H,14-15H2,(H,25,27). The Morgan fingerprint density at radius 2 is 1.26 bits per heavy atom. The minimum atomic E-state index is -0.563. The highest BCUT2D eigenvalue weighted by atomic mass is 16.2. The summed E-state index contributed by atoms with van der Waals surface area (Å²) in [5.41, 5.74) is 1.75. The molecule has 0 saturated carbocycles. The second-order valence-electron chi connectivity index (χ2n) is 6.56. The molecule has 0 spiro atoms. The average Bonchev–Trinajstić information content (AvgIpc) is 2.72. The number of Topliss-reactive ketones (excluding diaryl/α,β-unsaturated/α-hetero) is 1. The highest BCUT2D eigenvalue weighted by molar-refractivity contribution is 6.42. The van der Waals surface area contributed by atoms with E-state index in [2.05, 4.69) is 11.4 Å². The van der Waals surface area contributed by atoms with Crippen LogP contribution >= 0.6 is 0 Å². The summed E-state index contributed by atoms with van der Waals surface area (Å²) in [4.78, 5) is 24.9. The van der Waals surface area contributed by atoms with Crippen LogP contribution in [0.3, 0.4) is 0 Å². The van der Waals surface area contributed by atoms with Crippen molar-refractivity contribution >= 4 is 38.9 Å². The van der Waals surface area contributed by atoms with E-state index in [0.29, 0.717) is 12.1 Å². The van der Waals surface area contributed by atoms with E-state index < -0.39 is 11.7 Å². The number of anilines is 1. The Morgan fingerprint density at radius 3 is 1.89 bits per heavy atom. The molecule has 0 fully saturated rings. The number of nitrogens with one attached hydrogen (secondary N) is 1. The van der Waals surface area contributed by atoms with Gasteiger partial charge in [-0.05, 0) is 28.8 Å². The van der Waals surface area contributed by atoms with Gasteiger partial charge in [0.1, 0.15) is 0 Å². The quantitative estimate of drug-likeness (QED) is 0.399. The fourth-order valence-electron chi connectivity index (χ4n) is 3.35. The number of rotatable bonds is 5. The molecular formula is C24H19NO2. The largest absolute Gasteiger partial charge is 0.318 e. The van der Waals surface area contributed by atoms with Crippen LogP contribution in [0, 0.1) is 0 Å². The van der Waals surface area contributed by atoms with E-state index in [-0.39, 0.29) is 6.42 Å². The topological polar surface area (TPSA) is 46.2 Å². The molecule has 0 heterocycles. The minimum Gasteiger partial charge on any atom is -0.318 e. The lowest BCUT2D eigenvalue weighted by Gasteiger charge is -2.12. The van der Waals surface area contributed by atoms with Gasteiger partial charge in [0.15, 0.2) is 0 Å². The van der Waals surface area contributed by atoms with E-state index in [9.17, 15) is 9.59 Å². The van der Waals surface area contributed by atoms with Crippen molar-refractivity contribution in [1.82, 2.24) is 0 Å². The van der Waals surface area contributed by atoms with Crippen molar-refractivity contribution in [2.24, 2.45) is 0 Å². The summed E-state index contributed by atoms with van der Waals surface area (Å²) in [6.45, 7) is 0. The van der Waals surface area contributed by atoms with Crippen LogP contribution < -0.4 is 5.32 Å². The van der Waals surface area contributed by atoms with Crippen LogP contribution in [-0.4, -0.2) is 11.7 Å². The molecule has 0 saturated heterocycles. The van der Waals surface area contributed by atoms with Crippen LogP contribution in [0.25, 0.3) is 21.5 Å². The van der Waals surface area contributed by atoms with E-state index in [1.54, 1.807) is 0 Å². The van der Waals surface area contributed by atoms with E-state index in [0.717, 1.165) is 27.1 Å². The van der Waals surface area contributed by atoms with Gasteiger partial charge in [-0.3, -0.25) is 9.59 Å². The molecule has 4 rings (SSSR count). The molecule has 0 aromatic heterocycles. The van der Waals surface area contributed by atoms with Gasteiger partial charge in [0.2, 0.25) is 5.78 Å². The zero-order chi connectivity index (χ0) is 18.6. The van der Waals surface area contributed by atoms with E-state index in [4.69, 9.17) is 0 Å². The van der Waals surface area contributed by atoms with E-state index in [1.165, 1.54) is 0 Å². The van der Waals surface area contributed by atoms with Crippen molar-refractivity contribution in [3.8, 4) is 0 Å². The third-order valence-electron chi connectivity index (χ3n) is 4.75. The van der Waals surface area contributed by atoms with Crippen LogP contribution in [0.1, 0.15) is 12.0 Å². The molecule has 1 amide bonds. The number of carbonyl (C=O) groups excluding carboxylic acids is 2. The maximum atomic E-state index is 12.6. The third-order valence-corrected chi connectivity index (χ3v) is 4.75. The molecular weight excluding hydrogens is 334 g/mol. The number of carbonyl (C=O) groups is 2. The molecule has 0 unspecified atom stereocenters. The van der Waals surface area contributed by atoms with Crippen molar-refractivity contribution in [2.75, 3.05) is 5.32 Å². The van der Waals surface area contributed by atoms with Crippen molar-refractivity contribution in [1.29, 1.82) is 0 Å². The Kier molecular flexibility index (Phi) is 4.67. The van der Waals surface area contributed by atoms with Crippen molar-refractivity contribution in [3.63, 3.8) is 0 Å². The second kappa shape index (κ2) is 7.42. The number of aryl methyl sites for hydroxylation is 1. The molecule has 3 heteroatoms. The summed E-state index contributed by atoms with van der Waals surface area (Å²) in [5, 5.41) is 6.80. The molecule has 4 aromatic carbocycles. The number of benzene rings is 4. The summed E-state index contributed by atoms with van der Waals surface area (Å²) in [5.74, 6) is -0.969. The summed E-state index contributed by atoms with van der Waals surface area (Å²) < 4.78 is 0. The molecule has 0 radical (unpaired) electrons. The molecule has 0 aliphatic heterocycles. The molecule has 27 heavy (non-hydrogen) atoms. The van der Waals surface area contributed by atoms with Gasteiger partial charge in [-0.15, -0.1) is 0 Å². The average molecular weight is 353 g/mol. The lowest BCUT2D eigenvalue weighted by molar-refractivity contribution is -0.134. The normalized spacial score (nSPS) is 10.8. The van der Waals surface area contributed by atoms with Gasteiger partial charge in [0.05, 0.1) is 5.69 Å². The van der Waals surface area contributed by atoms with E-state index >= 15 is 0 Å². The number of hydrogen-bond acceptors (Lipinski definition) is 2. The number of amides is 1. The first-order valence-corrected chi connectivity index (χ1v) is 9.01. The highest BCUT2D eigenvalue weighted by Crippen LogP contribution is 2.32. The Morgan fingerprint density at radius 1 is 0.704 bits per heavy atom. The maximum Gasteiger partial charge on any atom is 0.291 e. The summed E-state index contributed by atoms with van der Waals surface area (Å²) in [6.07, 6.45) is 0.752. The van der Waals surface area contributed by atoms with Crippen molar-refractivity contribution in [2.45, 2.75) is 12.8 Å². The second-order valence-corrected chi connectivity index (χ2v) is 6.56.